The van der Waals surface area contributed by atoms with E-state index in [1.807, 2.05) is 6.92 Å². The average molecular weight is 230 g/mol. The Bertz CT molecular complexity index is 539. The minimum absolute atomic E-state index is 0.00914. The van der Waals surface area contributed by atoms with E-state index in [1.165, 1.54) is 12.3 Å². The van der Waals surface area contributed by atoms with Gasteiger partial charge in [0.1, 0.15) is 11.5 Å². The monoisotopic (exact) mass is 230 g/mol. The molecule has 0 radical (unpaired) electrons. The van der Waals surface area contributed by atoms with Crippen molar-refractivity contribution in [3.63, 3.8) is 0 Å². The molecule has 0 bridgehead atoms. The van der Waals surface area contributed by atoms with E-state index in [1.54, 1.807) is 24.4 Å². The molecule has 0 unspecified atom stereocenters. The van der Waals surface area contributed by atoms with Crippen LogP contribution in [0.1, 0.15) is 5.69 Å². The van der Waals surface area contributed by atoms with Crippen molar-refractivity contribution in [3.8, 4) is 0 Å². The summed E-state index contributed by atoms with van der Waals surface area (Å²) in [6, 6.07) is 6.39. The quantitative estimate of drug-likeness (QED) is 0.646. The molecular formula is C11H10N4O2. The van der Waals surface area contributed by atoms with Crippen molar-refractivity contribution in [2.24, 2.45) is 0 Å². The predicted octanol–water partition coefficient (Wildman–Crippen LogP) is 2.44. The number of aryl methyl sites for hydroxylation is 1. The second-order valence-corrected chi connectivity index (χ2v) is 3.44. The van der Waals surface area contributed by atoms with E-state index in [4.69, 9.17) is 0 Å². The summed E-state index contributed by atoms with van der Waals surface area (Å²) in [7, 11) is 0. The Morgan fingerprint density at radius 1 is 1.24 bits per heavy atom. The lowest BCUT2D eigenvalue weighted by Gasteiger charge is -2.05. The Hall–Kier alpha value is -2.50. The van der Waals surface area contributed by atoms with Gasteiger partial charge in [0.15, 0.2) is 0 Å². The van der Waals surface area contributed by atoms with E-state index in [2.05, 4.69) is 15.3 Å². The number of hydrogen-bond acceptors (Lipinski definition) is 5. The van der Waals surface area contributed by atoms with Gasteiger partial charge in [-0.25, -0.2) is 4.98 Å². The lowest BCUT2D eigenvalue weighted by Crippen LogP contribution is -1.99. The Kier molecular flexibility index (Phi) is 2.95. The van der Waals surface area contributed by atoms with E-state index in [0.717, 1.165) is 5.69 Å². The highest BCUT2D eigenvalue weighted by Gasteiger charge is 2.12. The van der Waals surface area contributed by atoms with Gasteiger partial charge in [0.2, 0.25) is 0 Å². The summed E-state index contributed by atoms with van der Waals surface area (Å²) in [4.78, 5) is 18.5. The Morgan fingerprint density at radius 2 is 2.00 bits per heavy atom. The number of nitro benzene ring substituents is 1. The zero-order chi connectivity index (χ0) is 12.3. The van der Waals surface area contributed by atoms with Gasteiger partial charge >= 0.3 is 0 Å². The maximum atomic E-state index is 10.8. The van der Waals surface area contributed by atoms with Crippen LogP contribution >= 0.6 is 0 Å². The van der Waals surface area contributed by atoms with Gasteiger partial charge < -0.3 is 5.32 Å². The zero-order valence-electron chi connectivity index (χ0n) is 9.12. The molecule has 0 aliphatic carbocycles. The fraction of sp³-hybridized carbons (Fsp3) is 0.0909. The Balaban J connectivity index is 2.30. The molecule has 6 heteroatoms. The molecule has 6 nitrogen and oxygen atoms in total. The average Bonchev–Trinajstić information content (AvgIpc) is 2.32. The summed E-state index contributed by atoms with van der Waals surface area (Å²) in [6.45, 7) is 1.82. The van der Waals surface area contributed by atoms with Crippen molar-refractivity contribution in [2.75, 3.05) is 5.32 Å². The van der Waals surface area contributed by atoms with Crippen LogP contribution in [0.5, 0.6) is 0 Å². The van der Waals surface area contributed by atoms with E-state index >= 15 is 0 Å². The Labute approximate surface area is 97.5 Å². The highest BCUT2D eigenvalue weighted by atomic mass is 16.6. The number of para-hydroxylation sites is 2. The third kappa shape index (κ3) is 2.54. The van der Waals surface area contributed by atoms with E-state index in [0.29, 0.717) is 11.5 Å². The third-order valence-corrected chi connectivity index (χ3v) is 2.14. The third-order valence-electron chi connectivity index (χ3n) is 2.14. The number of aromatic nitrogens is 2. The molecule has 17 heavy (non-hydrogen) atoms. The van der Waals surface area contributed by atoms with Crippen molar-refractivity contribution in [1.29, 1.82) is 0 Å². The van der Waals surface area contributed by atoms with Crippen molar-refractivity contribution < 1.29 is 4.92 Å². The molecule has 1 aromatic heterocycles. The van der Waals surface area contributed by atoms with Crippen molar-refractivity contribution in [1.82, 2.24) is 9.97 Å². The predicted molar refractivity (Wildman–Crippen MR) is 63.1 cm³/mol. The summed E-state index contributed by atoms with van der Waals surface area (Å²) in [6.07, 6.45) is 3.13. The van der Waals surface area contributed by atoms with Gasteiger partial charge in [0.25, 0.3) is 5.69 Å². The first-order valence-corrected chi connectivity index (χ1v) is 4.96. The molecule has 0 atom stereocenters. The van der Waals surface area contributed by atoms with Crippen LogP contribution in [-0.4, -0.2) is 14.9 Å². The second-order valence-electron chi connectivity index (χ2n) is 3.44. The minimum atomic E-state index is -0.441. The molecule has 1 aromatic carbocycles. The van der Waals surface area contributed by atoms with E-state index in [9.17, 15) is 10.1 Å². The summed E-state index contributed by atoms with van der Waals surface area (Å²) in [5, 5.41) is 13.7. The maximum absolute atomic E-state index is 10.8. The maximum Gasteiger partial charge on any atom is 0.292 e. The standard InChI is InChI=1S/C11H10N4O2/c1-8-6-13-11(7-12-8)14-9-4-2-3-5-10(9)15(16)17/h2-7H,1H3,(H,13,14). The number of nitrogens with zero attached hydrogens (tertiary/aromatic N) is 3. The highest BCUT2D eigenvalue weighted by molar-refractivity contribution is 5.67. The molecule has 0 amide bonds. The van der Waals surface area contributed by atoms with Crippen LogP contribution in [0.25, 0.3) is 0 Å². The molecule has 2 aromatic rings. The molecule has 0 aliphatic heterocycles. The molecule has 2 rings (SSSR count). The van der Waals surface area contributed by atoms with E-state index < -0.39 is 4.92 Å². The summed E-state index contributed by atoms with van der Waals surface area (Å²) in [5.74, 6) is 0.477. The minimum Gasteiger partial charge on any atom is -0.333 e. The first kappa shape index (κ1) is 11.0. The highest BCUT2D eigenvalue weighted by Crippen LogP contribution is 2.25. The molecule has 86 valence electrons. The molecule has 0 aliphatic rings. The summed E-state index contributed by atoms with van der Waals surface area (Å²) in [5.41, 5.74) is 1.20. The molecule has 0 fully saturated rings. The Morgan fingerprint density at radius 3 is 2.65 bits per heavy atom. The molecule has 0 spiro atoms. The van der Waals surface area contributed by atoms with Gasteiger partial charge in [-0.05, 0) is 13.0 Å². The lowest BCUT2D eigenvalue weighted by molar-refractivity contribution is -0.383. The van der Waals surface area contributed by atoms with Crippen LogP contribution in [0, 0.1) is 17.0 Å². The van der Waals surface area contributed by atoms with Crippen LogP contribution in [-0.2, 0) is 0 Å². The summed E-state index contributed by atoms with van der Waals surface area (Å²) >= 11 is 0. The zero-order valence-corrected chi connectivity index (χ0v) is 9.12. The van der Waals surface area contributed by atoms with Crippen LogP contribution in [0.15, 0.2) is 36.7 Å². The first-order chi connectivity index (χ1) is 8.16. The fourth-order valence-electron chi connectivity index (χ4n) is 1.33. The SMILES string of the molecule is Cc1cnc(Nc2ccccc2[N+](=O)[O-])cn1. The van der Waals surface area contributed by atoms with Gasteiger partial charge in [-0.15, -0.1) is 0 Å². The van der Waals surface area contributed by atoms with Crippen molar-refractivity contribution in [3.05, 3.63) is 52.5 Å². The number of nitro groups is 1. The van der Waals surface area contributed by atoms with Gasteiger partial charge in [-0.2, -0.15) is 0 Å². The first-order valence-electron chi connectivity index (χ1n) is 4.96. The normalized spacial score (nSPS) is 9.94. The van der Waals surface area contributed by atoms with Crippen molar-refractivity contribution in [2.45, 2.75) is 6.92 Å². The molecule has 1 heterocycles. The van der Waals surface area contributed by atoms with Crippen molar-refractivity contribution >= 4 is 17.2 Å². The number of rotatable bonds is 3. The van der Waals surface area contributed by atoms with Gasteiger partial charge in [-0.1, -0.05) is 12.1 Å². The topological polar surface area (TPSA) is 81.0 Å². The number of hydrogen-bond donors (Lipinski definition) is 1. The molecule has 0 saturated heterocycles. The number of anilines is 2. The smallest absolute Gasteiger partial charge is 0.292 e. The molecular weight excluding hydrogens is 220 g/mol. The van der Waals surface area contributed by atoms with Gasteiger partial charge in [-0.3, -0.25) is 15.1 Å². The number of nitrogens with one attached hydrogen (secondary N) is 1. The van der Waals surface area contributed by atoms with Crippen LogP contribution in [0.3, 0.4) is 0 Å². The fourth-order valence-corrected chi connectivity index (χ4v) is 1.33. The van der Waals surface area contributed by atoms with Crippen LogP contribution in [0.2, 0.25) is 0 Å². The van der Waals surface area contributed by atoms with Crippen LogP contribution < -0.4 is 5.32 Å². The van der Waals surface area contributed by atoms with Gasteiger partial charge in [0, 0.05) is 6.07 Å². The van der Waals surface area contributed by atoms with E-state index in [-0.39, 0.29) is 5.69 Å². The summed E-state index contributed by atoms with van der Waals surface area (Å²) < 4.78 is 0. The van der Waals surface area contributed by atoms with Gasteiger partial charge in [0.05, 0.1) is 23.0 Å². The molecule has 1 N–H and O–H groups in total. The number of benzene rings is 1. The molecule has 0 saturated carbocycles. The largest absolute Gasteiger partial charge is 0.333 e. The lowest BCUT2D eigenvalue weighted by atomic mass is 10.2. The van der Waals surface area contributed by atoms with Crippen LogP contribution in [0.4, 0.5) is 17.2 Å². The second kappa shape index (κ2) is 4.56.